The van der Waals surface area contributed by atoms with E-state index in [0.717, 1.165) is 18.5 Å². The van der Waals surface area contributed by atoms with Gasteiger partial charge in [-0.25, -0.2) is 4.39 Å². The zero-order valence-electron chi connectivity index (χ0n) is 11.5. The van der Waals surface area contributed by atoms with Crippen LogP contribution in [0.25, 0.3) is 0 Å². The molecule has 1 N–H and O–H groups in total. The quantitative estimate of drug-likeness (QED) is 0.773. The number of halogens is 2. The Bertz CT molecular complexity index is 368. The second kappa shape index (κ2) is 7.75. The molecule has 0 fully saturated rings. The Morgan fingerprint density at radius 3 is 2.67 bits per heavy atom. The highest BCUT2D eigenvalue weighted by atomic mass is 35.5. The van der Waals surface area contributed by atoms with Gasteiger partial charge in [0, 0.05) is 11.1 Å². The molecule has 0 heterocycles. The van der Waals surface area contributed by atoms with Crippen LogP contribution in [0.15, 0.2) is 18.2 Å². The van der Waals surface area contributed by atoms with Crippen LogP contribution >= 0.6 is 11.6 Å². The van der Waals surface area contributed by atoms with Crippen LogP contribution in [-0.4, -0.2) is 12.6 Å². The van der Waals surface area contributed by atoms with E-state index < -0.39 is 0 Å². The Hall–Kier alpha value is -0.600. The van der Waals surface area contributed by atoms with Crippen molar-refractivity contribution in [1.82, 2.24) is 5.32 Å². The number of hydrogen-bond acceptors (Lipinski definition) is 1. The van der Waals surface area contributed by atoms with Crippen molar-refractivity contribution in [2.24, 2.45) is 5.92 Å². The standard InChI is InChI=1S/C15H23ClFN/c1-4-6-11(3)15(18-5-2)10-12-9-13(17)7-8-14(12)16/h7-9,11,15,18H,4-6,10H2,1-3H3. The summed E-state index contributed by atoms with van der Waals surface area (Å²) in [5.74, 6) is 0.349. The molecule has 0 aliphatic rings. The lowest BCUT2D eigenvalue weighted by Crippen LogP contribution is -2.36. The molecular formula is C15H23ClFN. The van der Waals surface area contributed by atoms with Gasteiger partial charge in [-0.2, -0.15) is 0 Å². The highest BCUT2D eigenvalue weighted by molar-refractivity contribution is 6.31. The number of rotatable bonds is 7. The van der Waals surface area contributed by atoms with Crippen molar-refractivity contribution in [2.75, 3.05) is 6.54 Å². The molecule has 0 spiro atoms. The summed E-state index contributed by atoms with van der Waals surface area (Å²) in [6.07, 6.45) is 3.12. The number of likely N-dealkylation sites (N-methyl/N-ethyl adjacent to an activating group) is 1. The first-order valence-corrected chi connectivity index (χ1v) is 7.13. The molecule has 0 aliphatic heterocycles. The van der Waals surface area contributed by atoms with Gasteiger partial charge in [-0.05, 0) is 49.1 Å². The van der Waals surface area contributed by atoms with E-state index in [2.05, 4.69) is 26.1 Å². The van der Waals surface area contributed by atoms with Gasteiger partial charge in [0.25, 0.3) is 0 Å². The monoisotopic (exact) mass is 271 g/mol. The Morgan fingerprint density at radius 1 is 1.33 bits per heavy atom. The third-order valence-corrected chi connectivity index (χ3v) is 3.71. The van der Waals surface area contributed by atoms with Gasteiger partial charge < -0.3 is 5.32 Å². The van der Waals surface area contributed by atoms with Gasteiger partial charge in [0.05, 0.1) is 0 Å². The molecule has 1 nitrogen and oxygen atoms in total. The molecule has 0 saturated carbocycles. The molecule has 1 aromatic carbocycles. The van der Waals surface area contributed by atoms with Gasteiger partial charge in [0.1, 0.15) is 5.82 Å². The SMILES string of the molecule is CCCC(C)C(Cc1cc(F)ccc1Cl)NCC. The predicted octanol–water partition coefficient (Wildman–Crippen LogP) is 4.44. The number of nitrogens with one attached hydrogen (secondary N) is 1. The van der Waals surface area contributed by atoms with Crippen molar-refractivity contribution >= 4 is 11.6 Å². The minimum absolute atomic E-state index is 0.215. The molecule has 0 radical (unpaired) electrons. The maximum atomic E-state index is 13.3. The lowest BCUT2D eigenvalue weighted by atomic mass is 9.91. The Balaban J connectivity index is 2.78. The second-order valence-corrected chi connectivity index (χ2v) is 5.28. The zero-order valence-corrected chi connectivity index (χ0v) is 12.2. The molecule has 1 rings (SSSR count). The average Bonchev–Trinajstić information content (AvgIpc) is 2.33. The van der Waals surface area contributed by atoms with Crippen molar-refractivity contribution in [1.29, 1.82) is 0 Å². The summed E-state index contributed by atoms with van der Waals surface area (Å²) >= 11 is 6.13. The zero-order chi connectivity index (χ0) is 13.5. The summed E-state index contributed by atoms with van der Waals surface area (Å²) in [7, 11) is 0. The molecular weight excluding hydrogens is 249 g/mol. The Labute approximate surface area is 115 Å². The van der Waals surface area contributed by atoms with E-state index in [9.17, 15) is 4.39 Å². The van der Waals surface area contributed by atoms with Crippen LogP contribution in [0.2, 0.25) is 5.02 Å². The minimum atomic E-state index is -0.215. The van der Waals surface area contributed by atoms with E-state index in [1.54, 1.807) is 12.1 Å². The fourth-order valence-corrected chi connectivity index (χ4v) is 2.52. The fraction of sp³-hybridized carbons (Fsp3) is 0.600. The van der Waals surface area contributed by atoms with Crippen molar-refractivity contribution in [3.8, 4) is 0 Å². The lowest BCUT2D eigenvalue weighted by molar-refractivity contribution is 0.357. The van der Waals surface area contributed by atoms with Crippen LogP contribution in [0.5, 0.6) is 0 Å². The highest BCUT2D eigenvalue weighted by Crippen LogP contribution is 2.22. The smallest absolute Gasteiger partial charge is 0.123 e. The van der Waals surface area contributed by atoms with E-state index in [1.807, 2.05) is 0 Å². The van der Waals surface area contributed by atoms with Crippen molar-refractivity contribution in [3.05, 3.63) is 34.6 Å². The van der Waals surface area contributed by atoms with E-state index in [1.165, 1.54) is 18.9 Å². The third kappa shape index (κ3) is 4.58. The lowest BCUT2D eigenvalue weighted by Gasteiger charge is -2.25. The summed E-state index contributed by atoms with van der Waals surface area (Å²) in [5, 5.41) is 4.14. The maximum absolute atomic E-state index is 13.3. The van der Waals surface area contributed by atoms with E-state index in [4.69, 9.17) is 11.6 Å². The maximum Gasteiger partial charge on any atom is 0.123 e. The fourth-order valence-electron chi connectivity index (χ4n) is 2.33. The molecule has 0 aromatic heterocycles. The van der Waals surface area contributed by atoms with Crippen LogP contribution in [-0.2, 0) is 6.42 Å². The Kier molecular flexibility index (Phi) is 6.66. The van der Waals surface area contributed by atoms with Gasteiger partial charge in [0.15, 0.2) is 0 Å². The molecule has 3 heteroatoms. The molecule has 2 unspecified atom stereocenters. The average molecular weight is 272 g/mol. The minimum Gasteiger partial charge on any atom is -0.314 e. The third-order valence-electron chi connectivity index (χ3n) is 3.34. The van der Waals surface area contributed by atoms with Gasteiger partial charge in [-0.3, -0.25) is 0 Å². The number of hydrogen-bond donors (Lipinski definition) is 1. The molecule has 1 aromatic rings. The molecule has 102 valence electrons. The molecule has 0 aliphatic carbocycles. The molecule has 0 amide bonds. The first-order chi connectivity index (χ1) is 8.58. The van der Waals surface area contributed by atoms with E-state index in [-0.39, 0.29) is 5.82 Å². The van der Waals surface area contributed by atoms with Crippen LogP contribution < -0.4 is 5.32 Å². The second-order valence-electron chi connectivity index (χ2n) is 4.87. The summed E-state index contributed by atoms with van der Waals surface area (Å²) in [5.41, 5.74) is 0.894. The molecule has 0 saturated heterocycles. The highest BCUT2D eigenvalue weighted by Gasteiger charge is 2.17. The van der Waals surface area contributed by atoms with Gasteiger partial charge in [0.2, 0.25) is 0 Å². The van der Waals surface area contributed by atoms with Crippen LogP contribution in [0, 0.1) is 11.7 Å². The number of benzene rings is 1. The summed E-state index contributed by atoms with van der Waals surface area (Å²) in [6.45, 7) is 7.45. The summed E-state index contributed by atoms with van der Waals surface area (Å²) < 4.78 is 13.3. The first-order valence-electron chi connectivity index (χ1n) is 6.75. The molecule has 2 atom stereocenters. The normalized spacial score (nSPS) is 14.5. The van der Waals surface area contributed by atoms with Crippen molar-refractivity contribution in [3.63, 3.8) is 0 Å². The first kappa shape index (κ1) is 15.5. The molecule has 0 bridgehead atoms. The predicted molar refractivity (Wildman–Crippen MR) is 76.7 cm³/mol. The van der Waals surface area contributed by atoms with Crippen molar-refractivity contribution in [2.45, 2.75) is 46.1 Å². The summed E-state index contributed by atoms with van der Waals surface area (Å²) in [6, 6.07) is 4.95. The molecule has 18 heavy (non-hydrogen) atoms. The van der Waals surface area contributed by atoms with Crippen LogP contribution in [0.3, 0.4) is 0 Å². The van der Waals surface area contributed by atoms with Gasteiger partial charge in [-0.1, -0.05) is 38.8 Å². The largest absolute Gasteiger partial charge is 0.314 e. The van der Waals surface area contributed by atoms with Gasteiger partial charge >= 0.3 is 0 Å². The topological polar surface area (TPSA) is 12.0 Å². The van der Waals surface area contributed by atoms with E-state index >= 15 is 0 Å². The van der Waals surface area contributed by atoms with Crippen LogP contribution in [0.1, 0.15) is 39.2 Å². The van der Waals surface area contributed by atoms with Crippen LogP contribution in [0.4, 0.5) is 4.39 Å². The van der Waals surface area contributed by atoms with E-state index in [0.29, 0.717) is 17.0 Å². The summed E-state index contributed by atoms with van der Waals surface area (Å²) in [4.78, 5) is 0. The Morgan fingerprint density at radius 2 is 2.06 bits per heavy atom. The van der Waals surface area contributed by atoms with Gasteiger partial charge in [-0.15, -0.1) is 0 Å². The van der Waals surface area contributed by atoms with Crippen molar-refractivity contribution < 1.29 is 4.39 Å².